The Morgan fingerprint density at radius 1 is 1.08 bits per heavy atom. The lowest BCUT2D eigenvalue weighted by molar-refractivity contribution is -0.120. The highest BCUT2D eigenvalue weighted by atomic mass is 32.2. The van der Waals surface area contributed by atoms with Gasteiger partial charge in [0.15, 0.2) is 9.84 Å². The van der Waals surface area contributed by atoms with Crippen LogP contribution in [0.3, 0.4) is 0 Å². The molecule has 1 atom stereocenters. The van der Waals surface area contributed by atoms with Crippen LogP contribution in [0.1, 0.15) is 17.8 Å². The summed E-state index contributed by atoms with van der Waals surface area (Å²) in [4.78, 5) is 22.9. The van der Waals surface area contributed by atoms with E-state index >= 15 is 0 Å². The minimum atomic E-state index is -3.53. The summed E-state index contributed by atoms with van der Waals surface area (Å²) >= 11 is 0. The molecular weight excluding hydrogens is 502 g/mol. The molecule has 38 heavy (non-hydrogen) atoms. The second-order valence-corrected chi connectivity index (χ2v) is 11.2. The van der Waals surface area contributed by atoms with Gasteiger partial charge in [-0.2, -0.15) is 0 Å². The number of nitrogen functional groups attached to an aromatic ring is 1. The van der Waals surface area contributed by atoms with Gasteiger partial charge in [-0.1, -0.05) is 30.3 Å². The van der Waals surface area contributed by atoms with Gasteiger partial charge in [0.05, 0.1) is 33.1 Å². The van der Waals surface area contributed by atoms with Crippen molar-refractivity contribution in [1.29, 1.82) is 5.41 Å². The number of aromatic amines is 1. The van der Waals surface area contributed by atoms with Crippen LogP contribution >= 0.6 is 0 Å². The number of carbonyl (C=O) groups is 1. The summed E-state index contributed by atoms with van der Waals surface area (Å²) in [6.45, 7) is 0.774. The normalized spacial score (nSPS) is 14.7. The van der Waals surface area contributed by atoms with E-state index in [1.54, 1.807) is 24.3 Å². The summed E-state index contributed by atoms with van der Waals surface area (Å²) < 4.78 is 25.0. The van der Waals surface area contributed by atoms with Crippen LogP contribution < -0.4 is 21.3 Å². The number of amides is 1. The lowest BCUT2D eigenvalue weighted by Crippen LogP contribution is -2.42. The van der Waals surface area contributed by atoms with Gasteiger partial charge in [-0.05, 0) is 42.5 Å². The van der Waals surface area contributed by atoms with Gasteiger partial charge in [-0.15, -0.1) is 0 Å². The molecule has 10 nitrogen and oxygen atoms in total. The summed E-state index contributed by atoms with van der Waals surface area (Å²) in [5.74, 6) is 0.209. The maximum atomic E-state index is 12.5. The fourth-order valence-electron chi connectivity index (χ4n) is 4.58. The van der Waals surface area contributed by atoms with E-state index in [1.807, 2.05) is 36.4 Å². The van der Waals surface area contributed by atoms with Crippen LogP contribution in [-0.2, 0) is 21.1 Å². The number of nitrogens with zero attached hydrogens (tertiary/aromatic N) is 2. The Balaban J connectivity index is 1.25. The van der Waals surface area contributed by atoms with E-state index < -0.39 is 9.84 Å². The van der Waals surface area contributed by atoms with Crippen molar-refractivity contribution in [3.05, 3.63) is 84.2 Å². The van der Waals surface area contributed by atoms with E-state index in [0.29, 0.717) is 25.1 Å². The maximum Gasteiger partial charge on any atom is 0.221 e. The first-order valence-corrected chi connectivity index (χ1v) is 14.0. The number of hydrogen-bond donors (Lipinski definition) is 5. The summed E-state index contributed by atoms with van der Waals surface area (Å²) in [5, 5.41) is 14.2. The average molecular weight is 532 g/mol. The Morgan fingerprint density at radius 3 is 2.61 bits per heavy atom. The number of sulfone groups is 1. The lowest BCUT2D eigenvalue weighted by Gasteiger charge is -2.26. The molecule has 3 aromatic carbocycles. The van der Waals surface area contributed by atoms with Gasteiger partial charge in [0.1, 0.15) is 17.8 Å². The van der Waals surface area contributed by atoms with E-state index in [4.69, 9.17) is 16.1 Å². The third-order valence-corrected chi connectivity index (χ3v) is 8.25. The number of benzene rings is 3. The van der Waals surface area contributed by atoms with Crippen molar-refractivity contribution in [3.8, 4) is 0 Å². The van der Waals surface area contributed by atoms with Crippen LogP contribution in [0.4, 0.5) is 11.4 Å². The molecule has 0 radical (unpaired) electrons. The highest BCUT2D eigenvalue weighted by Crippen LogP contribution is 2.36. The molecule has 196 valence electrons. The molecule has 1 aliphatic heterocycles. The summed E-state index contributed by atoms with van der Waals surface area (Å²) in [6.07, 6.45) is 0.300. The predicted octanol–water partition coefficient (Wildman–Crippen LogP) is 2.63. The maximum absolute atomic E-state index is 12.5. The first kappa shape index (κ1) is 25.3. The third-order valence-electron chi connectivity index (χ3n) is 6.52. The van der Waals surface area contributed by atoms with Crippen LogP contribution in [0.25, 0.3) is 11.0 Å². The molecule has 0 bridgehead atoms. The molecule has 1 aromatic heterocycles. The predicted molar refractivity (Wildman–Crippen MR) is 148 cm³/mol. The number of anilines is 2. The molecule has 5 rings (SSSR count). The number of rotatable bonds is 10. The van der Waals surface area contributed by atoms with Gasteiger partial charge in [0, 0.05) is 31.5 Å². The van der Waals surface area contributed by atoms with Gasteiger partial charge >= 0.3 is 0 Å². The van der Waals surface area contributed by atoms with Crippen molar-refractivity contribution in [1.82, 2.24) is 15.3 Å². The first-order valence-electron chi connectivity index (χ1n) is 12.3. The molecule has 11 heteroatoms. The third kappa shape index (κ3) is 5.47. The van der Waals surface area contributed by atoms with E-state index in [-0.39, 0.29) is 35.0 Å². The largest absolute Gasteiger partial charge is 0.384 e. The number of nitrogens with two attached hydrogens (primary N) is 1. The summed E-state index contributed by atoms with van der Waals surface area (Å²) in [7, 11) is -3.53. The highest BCUT2D eigenvalue weighted by Gasteiger charge is 2.30. The minimum Gasteiger partial charge on any atom is -0.384 e. The zero-order valence-electron chi connectivity index (χ0n) is 20.6. The fourth-order valence-corrected chi connectivity index (χ4v) is 5.85. The monoisotopic (exact) mass is 531 g/mol. The topological polar surface area (TPSA) is 157 Å². The molecular formula is C27H29N7O3S. The zero-order chi connectivity index (χ0) is 26.7. The summed E-state index contributed by atoms with van der Waals surface area (Å²) in [6, 6.07) is 21.5. The number of para-hydroxylation sites is 2. The van der Waals surface area contributed by atoms with Crippen LogP contribution in [0.15, 0.2) is 77.7 Å². The zero-order valence-corrected chi connectivity index (χ0v) is 21.5. The SMILES string of the molecule is N=C(N)c1ccc2c(c1)N(CCNC(=O)CCS(=O)(=O)c1ccccc1)C(Cc1nc3ccccc3[nH]1)N2. The van der Waals surface area contributed by atoms with Gasteiger partial charge in [0.2, 0.25) is 5.91 Å². The molecule has 6 N–H and O–H groups in total. The minimum absolute atomic E-state index is 0.0265. The molecule has 2 heterocycles. The highest BCUT2D eigenvalue weighted by molar-refractivity contribution is 7.91. The van der Waals surface area contributed by atoms with Crippen molar-refractivity contribution < 1.29 is 13.2 Å². The van der Waals surface area contributed by atoms with E-state index in [1.165, 1.54) is 12.1 Å². The quantitative estimate of drug-likeness (QED) is 0.155. The van der Waals surface area contributed by atoms with Gasteiger partial charge in [-0.3, -0.25) is 10.2 Å². The Labute approximate surface area is 220 Å². The number of hydrogen-bond acceptors (Lipinski definition) is 7. The van der Waals surface area contributed by atoms with E-state index in [9.17, 15) is 13.2 Å². The number of aromatic nitrogens is 2. The molecule has 1 amide bonds. The number of amidine groups is 1. The number of H-pyrrole nitrogens is 1. The first-order chi connectivity index (χ1) is 18.3. The fraction of sp³-hybridized carbons (Fsp3) is 0.222. The van der Waals surface area contributed by atoms with Crippen molar-refractivity contribution in [3.63, 3.8) is 0 Å². The molecule has 4 aromatic rings. The summed E-state index contributed by atoms with van der Waals surface area (Å²) in [5.41, 5.74) is 9.96. The Bertz CT molecular complexity index is 1550. The lowest BCUT2D eigenvalue weighted by atomic mass is 10.1. The smallest absolute Gasteiger partial charge is 0.221 e. The second-order valence-electron chi connectivity index (χ2n) is 9.14. The van der Waals surface area contributed by atoms with E-state index in [0.717, 1.165) is 28.2 Å². The number of fused-ring (bicyclic) bond motifs is 2. The molecule has 0 saturated carbocycles. The van der Waals surface area contributed by atoms with Crippen molar-refractivity contribution in [2.75, 3.05) is 29.1 Å². The van der Waals surface area contributed by atoms with Crippen LogP contribution in [0.5, 0.6) is 0 Å². The molecule has 1 aliphatic rings. The molecule has 0 spiro atoms. The van der Waals surface area contributed by atoms with Crippen LogP contribution in [0.2, 0.25) is 0 Å². The number of imidazole rings is 1. The van der Waals surface area contributed by atoms with Crippen molar-refractivity contribution >= 4 is 44.0 Å². The van der Waals surface area contributed by atoms with Crippen molar-refractivity contribution in [2.24, 2.45) is 5.73 Å². The number of carbonyl (C=O) groups excluding carboxylic acids is 1. The molecule has 1 unspecified atom stereocenters. The van der Waals surface area contributed by atoms with Crippen LogP contribution in [0, 0.1) is 5.41 Å². The average Bonchev–Trinajstić information content (AvgIpc) is 3.48. The molecule has 0 aliphatic carbocycles. The second kappa shape index (κ2) is 10.5. The molecule has 0 saturated heterocycles. The van der Waals surface area contributed by atoms with Crippen LogP contribution in [-0.4, -0.2) is 55.1 Å². The van der Waals surface area contributed by atoms with E-state index in [2.05, 4.69) is 20.5 Å². The molecule has 0 fully saturated rings. The Hall–Kier alpha value is -4.38. The van der Waals surface area contributed by atoms with Gasteiger partial charge in [-0.25, -0.2) is 13.4 Å². The number of nitrogens with one attached hydrogen (secondary N) is 4. The Kier molecular flexibility index (Phi) is 7.01. The Morgan fingerprint density at radius 2 is 1.84 bits per heavy atom. The van der Waals surface area contributed by atoms with Gasteiger partial charge in [0.25, 0.3) is 0 Å². The standard InChI is InChI=1S/C27H29N7O3S/c28-27(29)18-10-11-22-23(16-18)34(25(33-22)17-24-31-20-8-4-5-9-21(20)32-24)14-13-30-26(35)12-15-38(36,37)19-6-2-1-3-7-19/h1-11,16,25,33H,12-15,17H2,(H3,28,29)(H,30,35)(H,31,32). The van der Waals surface area contributed by atoms with Gasteiger partial charge < -0.3 is 26.3 Å². The van der Waals surface area contributed by atoms with Crippen molar-refractivity contribution in [2.45, 2.75) is 23.9 Å².